The van der Waals surface area contributed by atoms with Crippen LogP contribution in [-0.2, 0) is 32.7 Å². The number of quaternary nitrogens is 1. The van der Waals surface area contributed by atoms with Gasteiger partial charge in [0.2, 0.25) is 0 Å². The summed E-state index contributed by atoms with van der Waals surface area (Å²) in [7, 11) is 1.14. The predicted octanol–water partition coefficient (Wildman–Crippen LogP) is 20.3. The van der Waals surface area contributed by atoms with Gasteiger partial charge in [-0.25, -0.2) is 0 Å². The number of rotatable bonds is 59. The lowest BCUT2D eigenvalue weighted by atomic mass is 10.0. The fraction of sp³-hybridized carbons (Fsp3) is 0.714. The van der Waals surface area contributed by atoms with E-state index in [0.717, 1.165) is 103 Å². The molecule has 0 aromatic carbocycles. The molecule has 0 saturated heterocycles. The summed E-state index contributed by atoms with van der Waals surface area (Å²) in [6.07, 6.45) is 84.3. The van der Waals surface area contributed by atoms with Crippen LogP contribution in [0.3, 0.4) is 0 Å². The molecular weight excluding hydrogens is 1010 g/mol. The number of ether oxygens (including phenoxy) is 2. The second kappa shape index (κ2) is 60.3. The van der Waals surface area contributed by atoms with Gasteiger partial charge in [-0.05, 0) is 103 Å². The van der Waals surface area contributed by atoms with Crippen molar-refractivity contribution in [2.75, 3.05) is 47.5 Å². The number of unbranched alkanes of at least 4 members (excludes halogenated alkanes) is 27. The topological polar surface area (TPSA) is 111 Å². The van der Waals surface area contributed by atoms with Gasteiger partial charge in [0.15, 0.2) is 6.10 Å². The lowest BCUT2D eigenvalue weighted by Gasteiger charge is -2.28. The number of likely N-dealkylation sites (N-methyl/N-ethyl adjacent to an activating group) is 1. The highest BCUT2D eigenvalue weighted by atomic mass is 31.2. The molecule has 0 aromatic rings. The average Bonchev–Trinajstić information content (AvgIpc) is 3.42. The Bertz CT molecular complexity index is 1720. The first kappa shape index (κ1) is 76.7. The highest BCUT2D eigenvalue weighted by molar-refractivity contribution is 7.45. The molecule has 10 heteroatoms. The van der Waals surface area contributed by atoms with Crippen LogP contribution in [0.2, 0.25) is 0 Å². The molecule has 0 spiro atoms. The van der Waals surface area contributed by atoms with Crippen LogP contribution < -0.4 is 4.89 Å². The molecule has 0 amide bonds. The molecule has 0 aliphatic heterocycles. The molecule has 0 aliphatic rings. The summed E-state index contributed by atoms with van der Waals surface area (Å²) in [5.41, 5.74) is 0. The number of hydrogen-bond acceptors (Lipinski definition) is 8. The number of allylic oxidation sites excluding steroid dienone is 18. The van der Waals surface area contributed by atoms with Gasteiger partial charge in [0, 0.05) is 12.8 Å². The Hall–Kier alpha value is -3.33. The van der Waals surface area contributed by atoms with E-state index in [0.29, 0.717) is 17.4 Å². The van der Waals surface area contributed by atoms with Crippen molar-refractivity contribution in [2.45, 2.75) is 277 Å². The maximum atomic E-state index is 12.8. The van der Waals surface area contributed by atoms with Gasteiger partial charge in [0.25, 0.3) is 7.82 Å². The van der Waals surface area contributed by atoms with Gasteiger partial charge in [-0.15, -0.1) is 0 Å². The number of phosphoric ester groups is 1. The first-order valence-electron chi connectivity index (χ1n) is 32.6. The fourth-order valence-electron chi connectivity index (χ4n) is 8.79. The zero-order chi connectivity index (χ0) is 58.4. The smallest absolute Gasteiger partial charge is 0.306 e. The molecular formula is C70H122NO8P. The standard InChI is InChI=1S/C70H122NO8P/c1-6-8-10-12-14-16-18-20-22-24-26-28-30-32-34-35-37-38-40-42-44-46-48-50-52-54-56-58-60-62-69(72)76-66-68(67-78-80(74,75)77-65-64-71(3,4)5)79-70(73)63-61-59-57-55-53-51-49-47-45-43-41-39-36-33-31-29-27-25-23-21-19-17-15-13-11-9-7-2/h9,11,15,17-18,20-21,23-24,26-27,29,33,36,41,43,47,49,68H,6-8,10,12-14,16,19,22,25,28,30-32,34-35,37-40,42,44-46,48,50-67H2,1-5H3/b11-9-,17-15-,20-18-,23-21-,26-24-,29-27-,36-33-,43-41-,49-47-. The number of carbonyl (C=O) groups excluding carboxylic acids is 2. The van der Waals surface area contributed by atoms with E-state index in [2.05, 4.69) is 123 Å². The number of nitrogens with zero attached hydrogens (tertiary/aromatic N) is 1. The molecule has 0 fully saturated rings. The number of phosphoric acid groups is 1. The van der Waals surface area contributed by atoms with E-state index in [1.54, 1.807) is 0 Å². The summed E-state index contributed by atoms with van der Waals surface area (Å²) >= 11 is 0. The van der Waals surface area contributed by atoms with Crippen LogP contribution in [0, 0.1) is 0 Å². The molecule has 0 saturated carbocycles. The van der Waals surface area contributed by atoms with Crippen LogP contribution >= 0.6 is 7.82 Å². The SMILES string of the molecule is CC/C=C\C/C=C\C/C=C\C/C=C\C/C=C\C/C=C\C/C=C\CCCCCCCC(=O)OC(COC(=O)CCCCCCCCCCCCCCCCCCC/C=C\C/C=C\CCCCCCC)COP(=O)([O-])OCC[N+](C)(C)C. The van der Waals surface area contributed by atoms with Crippen molar-refractivity contribution in [3.8, 4) is 0 Å². The van der Waals surface area contributed by atoms with Gasteiger partial charge in [-0.2, -0.15) is 0 Å². The summed E-state index contributed by atoms with van der Waals surface area (Å²) in [5, 5.41) is 0. The third kappa shape index (κ3) is 63.8. The quantitative estimate of drug-likeness (QED) is 0.0195. The van der Waals surface area contributed by atoms with Crippen molar-refractivity contribution in [3.63, 3.8) is 0 Å². The summed E-state index contributed by atoms with van der Waals surface area (Å²) in [5.74, 6) is -0.855. The van der Waals surface area contributed by atoms with Crippen LogP contribution in [0.4, 0.5) is 0 Å². The van der Waals surface area contributed by atoms with Gasteiger partial charge in [0.05, 0.1) is 27.7 Å². The molecule has 2 atom stereocenters. The number of esters is 2. The molecule has 0 aromatic heterocycles. The molecule has 0 rings (SSSR count). The van der Waals surface area contributed by atoms with E-state index in [4.69, 9.17) is 18.5 Å². The van der Waals surface area contributed by atoms with Crippen molar-refractivity contribution in [1.82, 2.24) is 0 Å². The lowest BCUT2D eigenvalue weighted by Crippen LogP contribution is -2.37. The summed E-state index contributed by atoms with van der Waals surface area (Å²) < 4.78 is 34.2. The summed E-state index contributed by atoms with van der Waals surface area (Å²) in [6.45, 7) is 4.10. The number of carbonyl (C=O) groups is 2. The minimum absolute atomic E-state index is 0.0398. The minimum Gasteiger partial charge on any atom is -0.756 e. The summed E-state index contributed by atoms with van der Waals surface area (Å²) in [4.78, 5) is 38.0. The molecule has 0 aliphatic carbocycles. The Labute approximate surface area is 493 Å². The van der Waals surface area contributed by atoms with Crippen LogP contribution in [0.15, 0.2) is 109 Å². The molecule has 460 valence electrons. The van der Waals surface area contributed by atoms with Crippen LogP contribution in [0.25, 0.3) is 0 Å². The monoisotopic (exact) mass is 1140 g/mol. The van der Waals surface area contributed by atoms with E-state index >= 15 is 0 Å². The van der Waals surface area contributed by atoms with E-state index < -0.39 is 26.5 Å². The maximum absolute atomic E-state index is 12.8. The third-order valence-electron chi connectivity index (χ3n) is 13.8. The zero-order valence-electron chi connectivity index (χ0n) is 52.2. The van der Waals surface area contributed by atoms with Gasteiger partial charge < -0.3 is 27.9 Å². The molecule has 0 bridgehead atoms. The molecule has 9 nitrogen and oxygen atoms in total. The van der Waals surface area contributed by atoms with Gasteiger partial charge >= 0.3 is 11.9 Å². The van der Waals surface area contributed by atoms with Crippen molar-refractivity contribution >= 4 is 19.8 Å². The number of hydrogen-bond donors (Lipinski definition) is 0. The van der Waals surface area contributed by atoms with Gasteiger partial charge in [-0.1, -0.05) is 264 Å². The second-order valence-electron chi connectivity index (χ2n) is 22.7. The van der Waals surface area contributed by atoms with Crippen LogP contribution in [0.1, 0.15) is 271 Å². The first-order chi connectivity index (χ1) is 39.0. The molecule has 0 radical (unpaired) electrons. The van der Waals surface area contributed by atoms with Crippen molar-refractivity contribution in [2.24, 2.45) is 0 Å². The Morgan fingerprint density at radius 1 is 0.400 bits per heavy atom. The highest BCUT2D eigenvalue weighted by Gasteiger charge is 2.22. The summed E-state index contributed by atoms with van der Waals surface area (Å²) in [6, 6.07) is 0. The van der Waals surface area contributed by atoms with Gasteiger partial charge in [-0.3, -0.25) is 14.2 Å². The third-order valence-corrected chi connectivity index (χ3v) is 14.7. The highest BCUT2D eigenvalue weighted by Crippen LogP contribution is 2.38. The molecule has 0 heterocycles. The van der Waals surface area contributed by atoms with Crippen molar-refractivity contribution in [1.29, 1.82) is 0 Å². The van der Waals surface area contributed by atoms with E-state index in [9.17, 15) is 19.0 Å². The molecule has 0 N–H and O–H groups in total. The second-order valence-corrected chi connectivity index (χ2v) is 24.2. The molecule has 2 unspecified atom stereocenters. The maximum Gasteiger partial charge on any atom is 0.306 e. The van der Waals surface area contributed by atoms with E-state index in [1.165, 1.54) is 135 Å². The average molecular weight is 1140 g/mol. The Kier molecular flexibility index (Phi) is 57.8. The largest absolute Gasteiger partial charge is 0.756 e. The Morgan fingerprint density at radius 3 is 1.06 bits per heavy atom. The fourth-order valence-corrected chi connectivity index (χ4v) is 9.51. The van der Waals surface area contributed by atoms with Crippen LogP contribution in [0.5, 0.6) is 0 Å². The molecule has 80 heavy (non-hydrogen) atoms. The normalized spacial score (nSPS) is 13.9. The Morgan fingerprint density at radius 2 is 0.713 bits per heavy atom. The van der Waals surface area contributed by atoms with Crippen LogP contribution in [-0.4, -0.2) is 70.0 Å². The van der Waals surface area contributed by atoms with Crippen molar-refractivity contribution < 1.29 is 42.1 Å². The first-order valence-corrected chi connectivity index (χ1v) is 34.1. The lowest BCUT2D eigenvalue weighted by molar-refractivity contribution is -0.870. The Balaban J connectivity index is 4.15. The van der Waals surface area contributed by atoms with Gasteiger partial charge in [0.1, 0.15) is 19.8 Å². The van der Waals surface area contributed by atoms with Crippen molar-refractivity contribution in [3.05, 3.63) is 109 Å². The van der Waals surface area contributed by atoms with E-state index in [1.807, 2.05) is 21.1 Å². The minimum atomic E-state index is -4.65. The zero-order valence-corrected chi connectivity index (χ0v) is 53.1. The van der Waals surface area contributed by atoms with E-state index in [-0.39, 0.29) is 32.0 Å². The predicted molar refractivity (Wildman–Crippen MR) is 342 cm³/mol.